The lowest BCUT2D eigenvalue weighted by Crippen LogP contribution is -2.30. The number of methoxy groups -OCH3 is 1. The molecule has 0 saturated heterocycles. The molecule has 0 bridgehead atoms. The van der Waals surface area contributed by atoms with Gasteiger partial charge in [0, 0.05) is 13.1 Å². The average molecular weight is 297 g/mol. The van der Waals surface area contributed by atoms with Gasteiger partial charge >= 0.3 is 0 Å². The van der Waals surface area contributed by atoms with Crippen molar-refractivity contribution in [2.75, 3.05) is 26.8 Å². The molecule has 0 fully saturated rings. The van der Waals surface area contributed by atoms with Crippen LogP contribution in [0, 0.1) is 11.8 Å². The van der Waals surface area contributed by atoms with Gasteiger partial charge in [-0.25, -0.2) is 8.42 Å². The fourth-order valence-electron chi connectivity index (χ4n) is 1.79. The van der Waals surface area contributed by atoms with Crippen LogP contribution < -0.4 is 4.74 Å². The minimum absolute atomic E-state index is 0.171. The molecule has 1 aromatic carbocycles. The van der Waals surface area contributed by atoms with Crippen LogP contribution in [-0.4, -0.2) is 44.6 Å². The van der Waals surface area contributed by atoms with Crippen LogP contribution in [0.4, 0.5) is 0 Å². The molecule has 0 atom stereocenters. The average Bonchev–Trinajstić information content (AvgIpc) is 2.45. The number of hydrogen-bond donors (Lipinski definition) is 1. The maximum atomic E-state index is 12.4. The van der Waals surface area contributed by atoms with Gasteiger partial charge in [0.05, 0.1) is 17.6 Å². The van der Waals surface area contributed by atoms with Crippen LogP contribution in [0.2, 0.25) is 0 Å². The van der Waals surface area contributed by atoms with E-state index in [9.17, 15) is 8.42 Å². The SMILES string of the molecule is CCN(CC)S(=O)(=O)c1ccc(OC)c(C#CCO)c1. The Morgan fingerprint density at radius 3 is 2.45 bits per heavy atom. The number of sulfonamides is 1. The minimum Gasteiger partial charge on any atom is -0.495 e. The molecule has 0 heterocycles. The molecule has 1 rings (SSSR count). The highest BCUT2D eigenvalue weighted by atomic mass is 32.2. The van der Waals surface area contributed by atoms with Gasteiger partial charge < -0.3 is 9.84 Å². The number of nitrogens with zero attached hydrogens (tertiary/aromatic N) is 1. The van der Waals surface area contributed by atoms with Gasteiger partial charge in [0.2, 0.25) is 10.0 Å². The zero-order chi connectivity index (χ0) is 15.2. The highest BCUT2D eigenvalue weighted by Gasteiger charge is 2.22. The molecule has 1 N–H and O–H groups in total. The predicted octanol–water partition coefficient (Wildman–Crippen LogP) is 1.07. The smallest absolute Gasteiger partial charge is 0.243 e. The second kappa shape index (κ2) is 7.29. The Morgan fingerprint density at radius 2 is 1.95 bits per heavy atom. The van der Waals surface area contributed by atoms with Crippen LogP contribution >= 0.6 is 0 Å². The summed E-state index contributed by atoms with van der Waals surface area (Å²) in [6.07, 6.45) is 0. The second-order valence-corrected chi connectivity index (χ2v) is 5.85. The van der Waals surface area contributed by atoms with Crippen molar-refractivity contribution in [3.8, 4) is 17.6 Å². The summed E-state index contributed by atoms with van der Waals surface area (Å²) in [4.78, 5) is 0.171. The molecule has 20 heavy (non-hydrogen) atoms. The van der Waals surface area contributed by atoms with E-state index in [1.807, 2.05) is 0 Å². The van der Waals surface area contributed by atoms with E-state index in [0.717, 1.165) is 0 Å². The Kier molecular flexibility index (Phi) is 6.02. The van der Waals surface area contributed by atoms with Crippen molar-refractivity contribution in [1.29, 1.82) is 0 Å². The molecule has 0 aromatic heterocycles. The summed E-state index contributed by atoms with van der Waals surface area (Å²) < 4.78 is 31.3. The number of rotatable bonds is 5. The molecular weight excluding hydrogens is 278 g/mol. The molecule has 5 nitrogen and oxygen atoms in total. The number of ether oxygens (including phenoxy) is 1. The van der Waals surface area contributed by atoms with Gasteiger partial charge in [0.1, 0.15) is 12.4 Å². The summed E-state index contributed by atoms with van der Waals surface area (Å²) in [5.74, 6) is 5.66. The molecule has 0 aliphatic carbocycles. The van der Waals surface area contributed by atoms with Crippen LogP contribution in [0.5, 0.6) is 5.75 Å². The third-order valence-corrected chi connectivity index (χ3v) is 4.86. The first-order valence-electron chi connectivity index (χ1n) is 6.29. The van der Waals surface area contributed by atoms with Gasteiger partial charge in [-0.1, -0.05) is 25.7 Å². The zero-order valence-corrected chi connectivity index (χ0v) is 12.7. The monoisotopic (exact) mass is 297 g/mol. The first-order chi connectivity index (χ1) is 9.51. The topological polar surface area (TPSA) is 66.8 Å². The molecule has 110 valence electrons. The van der Waals surface area contributed by atoms with Crippen molar-refractivity contribution in [3.63, 3.8) is 0 Å². The van der Waals surface area contributed by atoms with E-state index < -0.39 is 10.0 Å². The van der Waals surface area contributed by atoms with E-state index in [1.165, 1.54) is 23.5 Å². The van der Waals surface area contributed by atoms with E-state index in [2.05, 4.69) is 11.8 Å². The first-order valence-corrected chi connectivity index (χ1v) is 7.73. The van der Waals surface area contributed by atoms with E-state index in [-0.39, 0.29) is 11.5 Å². The van der Waals surface area contributed by atoms with E-state index in [4.69, 9.17) is 9.84 Å². The van der Waals surface area contributed by atoms with Gasteiger partial charge in [0.25, 0.3) is 0 Å². The summed E-state index contributed by atoms with van der Waals surface area (Å²) in [6.45, 7) is 4.09. The quantitative estimate of drug-likeness (QED) is 0.826. The molecule has 0 saturated carbocycles. The van der Waals surface area contributed by atoms with Crippen LogP contribution in [-0.2, 0) is 10.0 Å². The predicted molar refractivity (Wildman–Crippen MR) is 77.1 cm³/mol. The van der Waals surface area contributed by atoms with Crippen molar-refractivity contribution in [3.05, 3.63) is 23.8 Å². The lowest BCUT2D eigenvalue weighted by Gasteiger charge is -2.18. The fraction of sp³-hybridized carbons (Fsp3) is 0.429. The molecule has 0 unspecified atom stereocenters. The number of benzene rings is 1. The molecule has 6 heteroatoms. The maximum absolute atomic E-state index is 12.4. The third-order valence-electron chi connectivity index (χ3n) is 2.82. The molecular formula is C14H19NO4S. The van der Waals surface area contributed by atoms with E-state index in [1.54, 1.807) is 19.9 Å². The summed E-state index contributed by atoms with van der Waals surface area (Å²) in [5.41, 5.74) is 0.440. The lowest BCUT2D eigenvalue weighted by atomic mass is 10.2. The Morgan fingerprint density at radius 1 is 1.30 bits per heavy atom. The number of aliphatic hydroxyl groups excluding tert-OH is 1. The summed E-state index contributed by atoms with van der Waals surface area (Å²) >= 11 is 0. The molecule has 0 radical (unpaired) electrons. The summed E-state index contributed by atoms with van der Waals surface area (Å²) in [5, 5.41) is 8.74. The van der Waals surface area contributed by atoms with Crippen molar-refractivity contribution in [1.82, 2.24) is 4.31 Å². The highest BCUT2D eigenvalue weighted by molar-refractivity contribution is 7.89. The van der Waals surface area contributed by atoms with Gasteiger partial charge in [-0.3, -0.25) is 0 Å². The Hall–Kier alpha value is -1.55. The Bertz CT molecular complexity index is 610. The fourth-order valence-corrected chi connectivity index (χ4v) is 3.28. The van der Waals surface area contributed by atoms with E-state index >= 15 is 0 Å². The number of aliphatic hydroxyl groups is 1. The normalized spacial score (nSPS) is 11.1. The zero-order valence-electron chi connectivity index (χ0n) is 11.9. The van der Waals surface area contributed by atoms with Crippen molar-refractivity contribution >= 4 is 10.0 Å². The van der Waals surface area contributed by atoms with Crippen molar-refractivity contribution in [2.24, 2.45) is 0 Å². The molecule has 0 spiro atoms. The lowest BCUT2D eigenvalue weighted by molar-refractivity contribution is 0.350. The van der Waals surface area contributed by atoms with Crippen molar-refractivity contribution in [2.45, 2.75) is 18.7 Å². The van der Waals surface area contributed by atoms with E-state index in [0.29, 0.717) is 24.4 Å². The van der Waals surface area contributed by atoms with Gasteiger partial charge in [0.15, 0.2) is 0 Å². The Labute approximate surface area is 120 Å². The van der Waals surface area contributed by atoms with Crippen LogP contribution in [0.3, 0.4) is 0 Å². The summed E-state index contributed by atoms with van der Waals surface area (Å²) in [6, 6.07) is 4.53. The van der Waals surface area contributed by atoms with Gasteiger partial charge in [-0.2, -0.15) is 4.31 Å². The second-order valence-electron chi connectivity index (χ2n) is 3.91. The third kappa shape index (κ3) is 3.51. The van der Waals surface area contributed by atoms with Crippen LogP contribution in [0.1, 0.15) is 19.4 Å². The molecule has 0 amide bonds. The van der Waals surface area contributed by atoms with Crippen LogP contribution in [0.25, 0.3) is 0 Å². The van der Waals surface area contributed by atoms with Crippen molar-refractivity contribution < 1.29 is 18.3 Å². The van der Waals surface area contributed by atoms with Crippen LogP contribution in [0.15, 0.2) is 23.1 Å². The Balaban J connectivity index is 3.34. The molecule has 0 aliphatic rings. The summed E-state index contributed by atoms with van der Waals surface area (Å²) in [7, 11) is -2.04. The minimum atomic E-state index is -3.53. The molecule has 0 aliphatic heterocycles. The maximum Gasteiger partial charge on any atom is 0.243 e. The largest absolute Gasteiger partial charge is 0.495 e. The number of hydrogen-bond acceptors (Lipinski definition) is 4. The first kappa shape index (κ1) is 16.5. The van der Waals surface area contributed by atoms with Gasteiger partial charge in [-0.15, -0.1) is 0 Å². The molecule has 1 aromatic rings. The highest BCUT2D eigenvalue weighted by Crippen LogP contribution is 2.23. The standard InChI is InChI=1S/C14H19NO4S/c1-4-15(5-2)20(17,18)13-8-9-14(19-3)12(11-13)7-6-10-16/h8-9,11,16H,4-5,10H2,1-3H3. The van der Waals surface area contributed by atoms with Gasteiger partial charge in [-0.05, 0) is 18.2 Å².